The van der Waals surface area contributed by atoms with Crippen LogP contribution in [0.25, 0.3) is 0 Å². The van der Waals surface area contributed by atoms with E-state index in [0.717, 1.165) is 5.69 Å². The molecule has 164 valence electrons. The van der Waals surface area contributed by atoms with Gasteiger partial charge in [0.15, 0.2) is 0 Å². The fourth-order valence-corrected chi connectivity index (χ4v) is 2.74. The van der Waals surface area contributed by atoms with Crippen LogP contribution in [0.5, 0.6) is 0 Å². The minimum absolute atomic E-state index is 0.201. The van der Waals surface area contributed by atoms with E-state index >= 15 is 0 Å². The fraction of sp³-hybridized carbons (Fsp3) is 0.136. The van der Waals surface area contributed by atoms with Gasteiger partial charge in [0.1, 0.15) is 5.82 Å². The lowest BCUT2D eigenvalue weighted by molar-refractivity contribution is 0.0600. The number of aromatic nitrogens is 2. The highest BCUT2D eigenvalue weighted by molar-refractivity contribution is 6.09. The molecule has 1 aromatic carbocycles. The minimum atomic E-state index is -0.567. The van der Waals surface area contributed by atoms with Crippen molar-refractivity contribution in [2.75, 3.05) is 29.6 Å². The van der Waals surface area contributed by atoms with Crippen LogP contribution in [0.15, 0.2) is 61.1 Å². The van der Waals surface area contributed by atoms with E-state index in [9.17, 15) is 14.4 Å². The number of hydrogen-bond acceptors (Lipinski definition) is 7. The maximum absolute atomic E-state index is 13.0. The summed E-state index contributed by atoms with van der Waals surface area (Å²) in [4.78, 5) is 44.7. The molecule has 0 radical (unpaired) electrons. The minimum Gasteiger partial charge on any atom is -0.465 e. The molecule has 2 aromatic heterocycles. The number of rotatable bonds is 7. The van der Waals surface area contributed by atoms with Gasteiger partial charge in [-0.25, -0.2) is 14.6 Å². The van der Waals surface area contributed by atoms with Crippen LogP contribution in [-0.2, 0) is 4.74 Å². The van der Waals surface area contributed by atoms with Crippen LogP contribution < -0.4 is 21.3 Å². The van der Waals surface area contributed by atoms with Crippen LogP contribution >= 0.6 is 0 Å². The molecule has 2 heterocycles. The second kappa shape index (κ2) is 10.5. The van der Waals surface area contributed by atoms with Gasteiger partial charge >= 0.3 is 12.0 Å². The Kier molecular flexibility index (Phi) is 7.31. The monoisotopic (exact) mass is 434 g/mol. The molecular weight excluding hydrogens is 412 g/mol. The molecule has 0 aliphatic heterocycles. The van der Waals surface area contributed by atoms with Gasteiger partial charge in [0.25, 0.3) is 5.91 Å². The number of methoxy groups -OCH3 is 1. The number of urea groups is 1. The van der Waals surface area contributed by atoms with E-state index in [-0.39, 0.29) is 16.9 Å². The molecule has 0 aliphatic rings. The van der Waals surface area contributed by atoms with Gasteiger partial charge in [-0.2, -0.15) is 0 Å². The fourth-order valence-electron chi connectivity index (χ4n) is 2.74. The average molecular weight is 434 g/mol. The number of hydrogen-bond donors (Lipinski definition) is 4. The van der Waals surface area contributed by atoms with Crippen LogP contribution in [0.3, 0.4) is 0 Å². The molecule has 0 saturated carbocycles. The van der Waals surface area contributed by atoms with Crippen molar-refractivity contribution in [3.8, 4) is 0 Å². The molecule has 10 nitrogen and oxygen atoms in total. The van der Waals surface area contributed by atoms with Crippen molar-refractivity contribution in [1.29, 1.82) is 0 Å². The van der Waals surface area contributed by atoms with Crippen LogP contribution in [0.1, 0.15) is 27.6 Å². The summed E-state index contributed by atoms with van der Waals surface area (Å²) in [5.74, 6) is -0.785. The first kappa shape index (κ1) is 22.2. The molecule has 0 unspecified atom stereocenters. The lowest BCUT2D eigenvalue weighted by Crippen LogP contribution is -2.28. The second-order valence-corrected chi connectivity index (χ2v) is 6.50. The summed E-state index contributed by atoms with van der Waals surface area (Å²) in [6.45, 7) is 2.26. The van der Waals surface area contributed by atoms with Gasteiger partial charge in [-0.3, -0.25) is 15.1 Å². The van der Waals surface area contributed by atoms with E-state index in [1.165, 1.54) is 31.8 Å². The smallest absolute Gasteiger partial charge is 0.339 e. The highest BCUT2D eigenvalue weighted by atomic mass is 16.5. The SMILES string of the molecule is CCNC(=O)Nc1cc(Nc2ccccc2)c(C(=O)Nc2cncc(C(=O)OC)c2)cn1. The molecule has 0 atom stereocenters. The Labute approximate surface area is 184 Å². The predicted octanol–water partition coefficient (Wildman–Crippen LogP) is 3.40. The number of nitrogens with one attached hydrogen (secondary N) is 4. The van der Waals surface area contributed by atoms with Gasteiger partial charge in [0.2, 0.25) is 0 Å². The van der Waals surface area contributed by atoms with Crippen molar-refractivity contribution in [2.45, 2.75) is 6.92 Å². The molecule has 0 aliphatic carbocycles. The number of benzene rings is 1. The zero-order valence-corrected chi connectivity index (χ0v) is 17.5. The molecule has 3 amide bonds. The maximum Gasteiger partial charge on any atom is 0.339 e. The molecular formula is C22H22N6O4. The zero-order chi connectivity index (χ0) is 22.9. The number of esters is 1. The number of carbonyl (C=O) groups is 3. The molecule has 0 spiro atoms. The summed E-state index contributed by atoms with van der Waals surface area (Å²) in [6.07, 6.45) is 4.10. The van der Waals surface area contributed by atoms with Gasteiger partial charge in [-0.15, -0.1) is 0 Å². The van der Waals surface area contributed by atoms with Crippen molar-refractivity contribution in [3.05, 3.63) is 72.2 Å². The molecule has 10 heteroatoms. The number of carbonyl (C=O) groups excluding carboxylic acids is 3. The maximum atomic E-state index is 13.0. The Hall–Kier alpha value is -4.47. The molecule has 4 N–H and O–H groups in total. The standard InChI is InChI=1S/C22H22N6O4/c1-3-24-22(31)28-19-10-18(26-15-7-5-4-6-8-15)17(13-25-19)20(29)27-16-9-14(11-23-12-16)21(30)32-2/h4-13H,3H2,1-2H3,(H,27,29)(H3,24,25,26,28,31). The Morgan fingerprint density at radius 1 is 0.969 bits per heavy atom. The van der Waals surface area contributed by atoms with E-state index in [0.29, 0.717) is 17.9 Å². The summed E-state index contributed by atoms with van der Waals surface area (Å²) >= 11 is 0. The Bertz CT molecular complexity index is 1120. The highest BCUT2D eigenvalue weighted by Crippen LogP contribution is 2.24. The molecule has 0 fully saturated rings. The topological polar surface area (TPSA) is 134 Å². The largest absolute Gasteiger partial charge is 0.465 e. The number of anilines is 4. The van der Waals surface area contributed by atoms with E-state index < -0.39 is 17.9 Å². The average Bonchev–Trinajstić information content (AvgIpc) is 2.79. The van der Waals surface area contributed by atoms with Gasteiger partial charge in [0.05, 0.1) is 35.8 Å². The van der Waals surface area contributed by atoms with Gasteiger partial charge in [-0.05, 0) is 25.1 Å². The van der Waals surface area contributed by atoms with Gasteiger partial charge in [-0.1, -0.05) is 18.2 Å². The summed E-state index contributed by atoms with van der Waals surface area (Å²) in [5.41, 5.74) is 1.90. The number of ether oxygens (including phenoxy) is 1. The van der Waals surface area contributed by atoms with E-state index in [1.54, 1.807) is 13.0 Å². The quantitative estimate of drug-likeness (QED) is 0.419. The second-order valence-electron chi connectivity index (χ2n) is 6.50. The van der Waals surface area contributed by atoms with Crippen molar-refractivity contribution < 1.29 is 19.1 Å². The normalized spacial score (nSPS) is 10.1. The van der Waals surface area contributed by atoms with Gasteiger partial charge < -0.3 is 20.7 Å². The Balaban J connectivity index is 1.89. The number of nitrogens with zero attached hydrogens (tertiary/aromatic N) is 2. The third-order valence-electron chi connectivity index (χ3n) is 4.20. The number of amides is 3. The number of pyridine rings is 2. The third kappa shape index (κ3) is 5.79. The molecule has 0 bridgehead atoms. The summed E-state index contributed by atoms with van der Waals surface area (Å²) in [5, 5.41) is 11.1. The lowest BCUT2D eigenvalue weighted by Gasteiger charge is -2.14. The van der Waals surface area contributed by atoms with E-state index in [2.05, 4.69) is 36.0 Å². The molecule has 3 rings (SSSR count). The highest BCUT2D eigenvalue weighted by Gasteiger charge is 2.16. The molecule has 3 aromatic rings. The van der Waals surface area contributed by atoms with Crippen molar-refractivity contribution in [2.24, 2.45) is 0 Å². The first-order chi connectivity index (χ1) is 15.5. The lowest BCUT2D eigenvalue weighted by atomic mass is 10.2. The van der Waals surface area contributed by atoms with Crippen LogP contribution in [0.4, 0.5) is 27.7 Å². The van der Waals surface area contributed by atoms with Gasteiger partial charge in [0, 0.05) is 30.7 Å². The van der Waals surface area contributed by atoms with Crippen LogP contribution in [0, 0.1) is 0 Å². The van der Waals surface area contributed by atoms with Crippen molar-refractivity contribution >= 4 is 40.8 Å². The van der Waals surface area contributed by atoms with E-state index in [1.807, 2.05) is 30.3 Å². The van der Waals surface area contributed by atoms with Crippen molar-refractivity contribution in [1.82, 2.24) is 15.3 Å². The third-order valence-corrected chi connectivity index (χ3v) is 4.20. The Morgan fingerprint density at radius 3 is 2.47 bits per heavy atom. The summed E-state index contributed by atoms with van der Waals surface area (Å²) in [7, 11) is 1.26. The van der Waals surface area contributed by atoms with E-state index in [4.69, 9.17) is 0 Å². The molecule has 32 heavy (non-hydrogen) atoms. The number of para-hydroxylation sites is 1. The predicted molar refractivity (Wildman–Crippen MR) is 120 cm³/mol. The molecule has 0 saturated heterocycles. The van der Waals surface area contributed by atoms with Crippen LogP contribution in [0.2, 0.25) is 0 Å². The van der Waals surface area contributed by atoms with Crippen molar-refractivity contribution in [3.63, 3.8) is 0 Å². The first-order valence-corrected chi connectivity index (χ1v) is 9.72. The summed E-state index contributed by atoms with van der Waals surface area (Å²) in [6, 6.07) is 11.8. The Morgan fingerprint density at radius 2 is 1.75 bits per heavy atom. The van der Waals surface area contributed by atoms with Crippen LogP contribution in [-0.4, -0.2) is 41.5 Å². The zero-order valence-electron chi connectivity index (χ0n) is 17.5. The summed E-state index contributed by atoms with van der Waals surface area (Å²) < 4.78 is 4.68. The first-order valence-electron chi connectivity index (χ1n) is 9.72.